The fourth-order valence-electron chi connectivity index (χ4n) is 2.27. The molecule has 0 aliphatic carbocycles. The van der Waals surface area contributed by atoms with Gasteiger partial charge in [0.25, 0.3) is 0 Å². The van der Waals surface area contributed by atoms with Crippen LogP contribution in [-0.2, 0) is 9.53 Å². The van der Waals surface area contributed by atoms with Crippen molar-refractivity contribution in [3.63, 3.8) is 0 Å². The van der Waals surface area contributed by atoms with Crippen molar-refractivity contribution in [2.45, 2.75) is 25.8 Å². The lowest BCUT2D eigenvalue weighted by molar-refractivity contribution is -0.131. The molecule has 1 heterocycles. The van der Waals surface area contributed by atoms with E-state index in [2.05, 4.69) is 0 Å². The minimum atomic E-state index is -0.309. The van der Waals surface area contributed by atoms with Crippen molar-refractivity contribution in [3.05, 3.63) is 29.8 Å². The van der Waals surface area contributed by atoms with Crippen molar-refractivity contribution in [2.75, 3.05) is 13.2 Å². The molecule has 4 nitrogen and oxygen atoms in total. The van der Waals surface area contributed by atoms with Gasteiger partial charge in [-0.25, -0.2) is 0 Å². The van der Waals surface area contributed by atoms with Gasteiger partial charge in [0.05, 0.1) is 0 Å². The molecular formula is C14H19NO3. The summed E-state index contributed by atoms with van der Waals surface area (Å²) in [4.78, 5) is 10.8. The van der Waals surface area contributed by atoms with Gasteiger partial charge in [-0.2, -0.15) is 0 Å². The van der Waals surface area contributed by atoms with Gasteiger partial charge in [0, 0.05) is 26.2 Å². The SMILES string of the molecule is CC(=O)Oc1ccc([C@@H](N)C2CCOCC2)cc1. The maximum atomic E-state index is 10.8. The summed E-state index contributed by atoms with van der Waals surface area (Å²) in [5.41, 5.74) is 7.34. The predicted molar refractivity (Wildman–Crippen MR) is 68.2 cm³/mol. The van der Waals surface area contributed by atoms with Crippen LogP contribution in [-0.4, -0.2) is 19.2 Å². The Morgan fingerprint density at radius 2 is 1.94 bits per heavy atom. The lowest BCUT2D eigenvalue weighted by atomic mass is 9.88. The molecule has 0 aromatic heterocycles. The lowest BCUT2D eigenvalue weighted by Gasteiger charge is -2.27. The number of hydrogen-bond acceptors (Lipinski definition) is 4. The Morgan fingerprint density at radius 3 is 2.50 bits per heavy atom. The number of benzene rings is 1. The molecule has 0 radical (unpaired) electrons. The summed E-state index contributed by atoms with van der Waals surface area (Å²) in [6.07, 6.45) is 2.01. The molecule has 1 aromatic rings. The first-order valence-electron chi connectivity index (χ1n) is 6.28. The average molecular weight is 249 g/mol. The maximum absolute atomic E-state index is 10.8. The van der Waals surface area contributed by atoms with Gasteiger partial charge < -0.3 is 15.2 Å². The maximum Gasteiger partial charge on any atom is 0.308 e. The van der Waals surface area contributed by atoms with Gasteiger partial charge in [0.15, 0.2) is 0 Å². The van der Waals surface area contributed by atoms with Crippen molar-refractivity contribution in [3.8, 4) is 5.75 Å². The number of nitrogens with two attached hydrogens (primary N) is 1. The molecule has 98 valence electrons. The van der Waals surface area contributed by atoms with E-state index < -0.39 is 0 Å². The molecule has 1 aliphatic heterocycles. The largest absolute Gasteiger partial charge is 0.427 e. The monoisotopic (exact) mass is 249 g/mol. The van der Waals surface area contributed by atoms with Crippen LogP contribution in [0.15, 0.2) is 24.3 Å². The Morgan fingerprint density at radius 1 is 1.33 bits per heavy atom. The molecule has 1 aromatic carbocycles. The highest BCUT2D eigenvalue weighted by molar-refractivity contribution is 5.69. The van der Waals surface area contributed by atoms with E-state index in [4.69, 9.17) is 15.2 Å². The molecule has 0 bridgehead atoms. The summed E-state index contributed by atoms with van der Waals surface area (Å²) >= 11 is 0. The van der Waals surface area contributed by atoms with E-state index >= 15 is 0 Å². The third-order valence-electron chi connectivity index (χ3n) is 3.30. The molecule has 1 saturated heterocycles. The van der Waals surface area contributed by atoms with Crippen molar-refractivity contribution < 1.29 is 14.3 Å². The van der Waals surface area contributed by atoms with Crippen LogP contribution in [0.25, 0.3) is 0 Å². The molecule has 0 spiro atoms. The average Bonchev–Trinajstić information content (AvgIpc) is 2.39. The molecular weight excluding hydrogens is 230 g/mol. The van der Waals surface area contributed by atoms with Gasteiger partial charge in [0.1, 0.15) is 5.75 Å². The van der Waals surface area contributed by atoms with Gasteiger partial charge in [-0.1, -0.05) is 12.1 Å². The van der Waals surface area contributed by atoms with Crippen molar-refractivity contribution in [1.29, 1.82) is 0 Å². The zero-order valence-corrected chi connectivity index (χ0v) is 10.6. The first-order valence-corrected chi connectivity index (χ1v) is 6.28. The normalized spacial score (nSPS) is 18.3. The molecule has 4 heteroatoms. The van der Waals surface area contributed by atoms with E-state index in [0.717, 1.165) is 31.6 Å². The van der Waals surface area contributed by atoms with Crippen LogP contribution >= 0.6 is 0 Å². The van der Waals surface area contributed by atoms with Crippen LogP contribution in [0.2, 0.25) is 0 Å². The van der Waals surface area contributed by atoms with Crippen LogP contribution in [0.3, 0.4) is 0 Å². The minimum Gasteiger partial charge on any atom is -0.427 e. The van der Waals surface area contributed by atoms with Gasteiger partial charge in [0.2, 0.25) is 0 Å². The molecule has 2 N–H and O–H groups in total. The van der Waals surface area contributed by atoms with Crippen LogP contribution in [0.1, 0.15) is 31.4 Å². The highest BCUT2D eigenvalue weighted by Gasteiger charge is 2.22. The Kier molecular flexibility index (Phi) is 4.33. The van der Waals surface area contributed by atoms with E-state index in [0.29, 0.717) is 11.7 Å². The summed E-state index contributed by atoms with van der Waals surface area (Å²) in [5.74, 6) is 0.722. The van der Waals surface area contributed by atoms with Crippen molar-refractivity contribution in [1.82, 2.24) is 0 Å². The van der Waals surface area contributed by atoms with Crippen LogP contribution < -0.4 is 10.5 Å². The molecule has 0 unspecified atom stereocenters. The number of esters is 1. The summed E-state index contributed by atoms with van der Waals surface area (Å²) in [6, 6.07) is 7.46. The van der Waals surface area contributed by atoms with Gasteiger partial charge in [-0.15, -0.1) is 0 Å². The van der Waals surface area contributed by atoms with Crippen LogP contribution in [0, 0.1) is 5.92 Å². The van der Waals surface area contributed by atoms with E-state index in [9.17, 15) is 4.79 Å². The number of carbonyl (C=O) groups is 1. The highest BCUT2D eigenvalue weighted by atomic mass is 16.5. The number of ether oxygens (including phenoxy) is 2. The molecule has 1 aliphatic rings. The molecule has 0 saturated carbocycles. The summed E-state index contributed by atoms with van der Waals surface area (Å²) in [5, 5.41) is 0. The Labute approximate surface area is 107 Å². The molecule has 18 heavy (non-hydrogen) atoms. The quantitative estimate of drug-likeness (QED) is 0.657. The number of rotatable bonds is 3. The molecule has 0 amide bonds. The van der Waals surface area contributed by atoms with Gasteiger partial charge in [-0.05, 0) is 36.5 Å². The first-order chi connectivity index (χ1) is 8.66. The summed E-state index contributed by atoms with van der Waals surface area (Å²) in [6.45, 7) is 2.98. The van der Waals surface area contributed by atoms with E-state index in [1.165, 1.54) is 6.92 Å². The second kappa shape index (κ2) is 5.98. The standard InChI is InChI=1S/C14H19NO3/c1-10(16)18-13-4-2-11(3-5-13)14(15)12-6-8-17-9-7-12/h2-5,12,14H,6-9,15H2,1H3/t14-/m1/s1. The lowest BCUT2D eigenvalue weighted by Crippen LogP contribution is -2.27. The second-order valence-corrected chi connectivity index (χ2v) is 4.64. The third-order valence-corrected chi connectivity index (χ3v) is 3.30. The molecule has 1 fully saturated rings. The van der Waals surface area contributed by atoms with Crippen LogP contribution in [0.4, 0.5) is 0 Å². The molecule has 2 rings (SSSR count). The summed E-state index contributed by atoms with van der Waals surface area (Å²) < 4.78 is 10.3. The first kappa shape index (κ1) is 13.1. The number of hydrogen-bond donors (Lipinski definition) is 1. The zero-order valence-electron chi connectivity index (χ0n) is 10.6. The number of carbonyl (C=O) groups excluding carboxylic acids is 1. The highest BCUT2D eigenvalue weighted by Crippen LogP contribution is 2.28. The fraction of sp³-hybridized carbons (Fsp3) is 0.500. The van der Waals surface area contributed by atoms with Gasteiger partial charge in [-0.3, -0.25) is 4.79 Å². The zero-order chi connectivity index (χ0) is 13.0. The van der Waals surface area contributed by atoms with Crippen molar-refractivity contribution >= 4 is 5.97 Å². The smallest absolute Gasteiger partial charge is 0.308 e. The Hall–Kier alpha value is -1.39. The minimum absolute atomic E-state index is 0.0280. The predicted octanol–water partition coefficient (Wildman–Crippen LogP) is 2.04. The van der Waals surface area contributed by atoms with E-state index in [1.807, 2.05) is 12.1 Å². The fourth-order valence-corrected chi connectivity index (χ4v) is 2.27. The Balaban J connectivity index is 2.01. The van der Waals surface area contributed by atoms with Gasteiger partial charge >= 0.3 is 5.97 Å². The van der Waals surface area contributed by atoms with E-state index in [1.54, 1.807) is 12.1 Å². The molecule has 1 atom stereocenters. The summed E-state index contributed by atoms with van der Waals surface area (Å²) in [7, 11) is 0. The van der Waals surface area contributed by atoms with Crippen molar-refractivity contribution in [2.24, 2.45) is 11.7 Å². The third kappa shape index (κ3) is 3.31. The van der Waals surface area contributed by atoms with Crippen LogP contribution in [0.5, 0.6) is 5.75 Å². The second-order valence-electron chi connectivity index (χ2n) is 4.64. The topological polar surface area (TPSA) is 61.5 Å². The Bertz CT molecular complexity index is 396. The van der Waals surface area contributed by atoms with E-state index in [-0.39, 0.29) is 12.0 Å².